The SMILES string of the molecule is COC(=O)C1CCN(c2nc3c(cc2C#N)CCCC3)C1. The molecule has 5 nitrogen and oxygen atoms in total. The predicted molar refractivity (Wildman–Crippen MR) is 77.9 cm³/mol. The van der Waals surface area contributed by atoms with Gasteiger partial charge in [-0.05, 0) is 43.7 Å². The Hall–Kier alpha value is -2.09. The Morgan fingerprint density at radius 2 is 2.29 bits per heavy atom. The van der Waals surface area contributed by atoms with E-state index in [0.717, 1.165) is 43.7 Å². The summed E-state index contributed by atoms with van der Waals surface area (Å²) in [6.45, 7) is 1.34. The van der Waals surface area contributed by atoms with E-state index in [9.17, 15) is 10.1 Å². The highest BCUT2D eigenvalue weighted by Gasteiger charge is 2.31. The molecule has 1 unspecified atom stereocenters. The standard InChI is InChI=1S/C16H19N3O2/c1-21-16(20)12-6-7-19(10-12)15-13(9-17)8-11-4-2-3-5-14(11)18-15/h8,12H,2-7,10H2,1H3. The molecule has 1 fully saturated rings. The minimum atomic E-state index is -0.172. The molecule has 0 aromatic carbocycles. The third-order valence-corrected chi connectivity index (χ3v) is 4.42. The molecule has 1 aromatic heterocycles. The van der Waals surface area contributed by atoms with Gasteiger partial charge in [-0.3, -0.25) is 4.79 Å². The summed E-state index contributed by atoms with van der Waals surface area (Å²) in [5.74, 6) is 0.456. The van der Waals surface area contributed by atoms with Gasteiger partial charge >= 0.3 is 5.97 Å². The van der Waals surface area contributed by atoms with Crippen LogP contribution in [0.3, 0.4) is 0 Å². The Balaban J connectivity index is 1.88. The maximum absolute atomic E-state index is 11.6. The van der Waals surface area contributed by atoms with Crippen molar-refractivity contribution in [2.24, 2.45) is 5.92 Å². The number of carbonyl (C=O) groups is 1. The van der Waals surface area contributed by atoms with Crippen molar-refractivity contribution < 1.29 is 9.53 Å². The molecule has 1 aliphatic heterocycles. The highest BCUT2D eigenvalue weighted by Crippen LogP contribution is 2.30. The van der Waals surface area contributed by atoms with Crippen LogP contribution in [0.15, 0.2) is 6.07 Å². The summed E-state index contributed by atoms with van der Waals surface area (Å²) in [5, 5.41) is 9.39. The van der Waals surface area contributed by atoms with Crippen molar-refractivity contribution in [3.05, 3.63) is 22.9 Å². The van der Waals surface area contributed by atoms with Crippen LogP contribution in [0.5, 0.6) is 0 Å². The number of aryl methyl sites for hydroxylation is 2. The van der Waals surface area contributed by atoms with E-state index < -0.39 is 0 Å². The van der Waals surface area contributed by atoms with Crippen LogP contribution in [0.25, 0.3) is 0 Å². The zero-order valence-corrected chi connectivity index (χ0v) is 12.3. The Kier molecular flexibility index (Phi) is 3.78. The van der Waals surface area contributed by atoms with Gasteiger partial charge in [-0.1, -0.05) is 0 Å². The maximum atomic E-state index is 11.6. The molecular formula is C16H19N3O2. The molecule has 2 heterocycles. The molecule has 1 aliphatic carbocycles. The molecule has 1 aromatic rings. The average Bonchev–Trinajstić information content (AvgIpc) is 3.02. The van der Waals surface area contributed by atoms with Gasteiger partial charge in [0.1, 0.15) is 11.9 Å². The fourth-order valence-corrected chi connectivity index (χ4v) is 3.26. The van der Waals surface area contributed by atoms with E-state index in [4.69, 9.17) is 9.72 Å². The number of anilines is 1. The lowest BCUT2D eigenvalue weighted by atomic mass is 9.95. The van der Waals surface area contributed by atoms with Crippen LogP contribution in [-0.2, 0) is 22.4 Å². The smallest absolute Gasteiger partial charge is 0.310 e. The summed E-state index contributed by atoms with van der Waals surface area (Å²) in [7, 11) is 1.42. The Morgan fingerprint density at radius 1 is 1.48 bits per heavy atom. The fraction of sp³-hybridized carbons (Fsp3) is 0.562. The molecule has 110 valence electrons. The van der Waals surface area contributed by atoms with E-state index >= 15 is 0 Å². The Bertz CT molecular complexity index is 606. The topological polar surface area (TPSA) is 66.2 Å². The van der Waals surface area contributed by atoms with Crippen molar-refractivity contribution in [1.82, 2.24) is 4.98 Å². The number of esters is 1. The highest BCUT2D eigenvalue weighted by molar-refractivity contribution is 5.74. The number of fused-ring (bicyclic) bond motifs is 1. The van der Waals surface area contributed by atoms with Crippen LogP contribution in [-0.4, -0.2) is 31.2 Å². The number of carbonyl (C=O) groups excluding carboxylic acids is 1. The van der Waals surface area contributed by atoms with Crippen LogP contribution in [0, 0.1) is 17.2 Å². The number of pyridine rings is 1. The summed E-state index contributed by atoms with van der Waals surface area (Å²) >= 11 is 0. The minimum absolute atomic E-state index is 0.112. The average molecular weight is 285 g/mol. The Labute approximate surface area is 124 Å². The van der Waals surface area contributed by atoms with Gasteiger partial charge in [-0.2, -0.15) is 5.26 Å². The molecule has 21 heavy (non-hydrogen) atoms. The number of nitrogens with zero attached hydrogens (tertiary/aromatic N) is 3. The van der Waals surface area contributed by atoms with Crippen molar-refractivity contribution in [3.8, 4) is 6.07 Å². The van der Waals surface area contributed by atoms with Crippen LogP contribution in [0.2, 0.25) is 0 Å². The number of methoxy groups -OCH3 is 1. The van der Waals surface area contributed by atoms with Crippen molar-refractivity contribution >= 4 is 11.8 Å². The molecule has 1 saturated heterocycles. The third kappa shape index (κ3) is 2.58. The van der Waals surface area contributed by atoms with Gasteiger partial charge in [0.2, 0.25) is 0 Å². The molecule has 5 heteroatoms. The lowest BCUT2D eigenvalue weighted by Crippen LogP contribution is -2.26. The minimum Gasteiger partial charge on any atom is -0.469 e. The van der Waals surface area contributed by atoms with E-state index in [1.807, 2.05) is 6.07 Å². The van der Waals surface area contributed by atoms with Gasteiger partial charge in [0.15, 0.2) is 0 Å². The van der Waals surface area contributed by atoms with Crippen LogP contribution >= 0.6 is 0 Å². The molecule has 0 spiro atoms. The summed E-state index contributed by atoms with van der Waals surface area (Å²) in [4.78, 5) is 18.4. The van der Waals surface area contributed by atoms with Crippen molar-refractivity contribution in [1.29, 1.82) is 5.26 Å². The second kappa shape index (κ2) is 5.72. The number of nitriles is 1. The first kappa shape index (κ1) is 13.9. The van der Waals surface area contributed by atoms with Gasteiger partial charge in [0.25, 0.3) is 0 Å². The van der Waals surface area contributed by atoms with Gasteiger partial charge in [0.05, 0.1) is 18.6 Å². The summed E-state index contributed by atoms with van der Waals surface area (Å²) in [6, 6.07) is 4.25. The zero-order chi connectivity index (χ0) is 14.8. The number of rotatable bonds is 2. The van der Waals surface area contributed by atoms with Gasteiger partial charge in [-0.25, -0.2) is 4.98 Å². The highest BCUT2D eigenvalue weighted by atomic mass is 16.5. The normalized spacial score (nSPS) is 20.8. The molecule has 0 amide bonds. The van der Waals surface area contributed by atoms with Gasteiger partial charge in [-0.15, -0.1) is 0 Å². The number of aromatic nitrogens is 1. The molecular weight excluding hydrogens is 266 g/mol. The van der Waals surface area contributed by atoms with Crippen molar-refractivity contribution in [2.75, 3.05) is 25.1 Å². The van der Waals surface area contributed by atoms with Gasteiger partial charge < -0.3 is 9.64 Å². The number of ether oxygens (including phenoxy) is 1. The van der Waals surface area contributed by atoms with Crippen molar-refractivity contribution in [3.63, 3.8) is 0 Å². The van der Waals surface area contributed by atoms with Crippen LogP contribution < -0.4 is 4.90 Å². The largest absolute Gasteiger partial charge is 0.469 e. The molecule has 0 bridgehead atoms. The van der Waals surface area contributed by atoms with Crippen molar-refractivity contribution in [2.45, 2.75) is 32.1 Å². The number of hydrogen-bond donors (Lipinski definition) is 0. The monoisotopic (exact) mass is 285 g/mol. The van der Waals surface area contributed by atoms with E-state index in [1.165, 1.54) is 19.1 Å². The number of hydrogen-bond acceptors (Lipinski definition) is 5. The molecule has 0 N–H and O–H groups in total. The predicted octanol–water partition coefficient (Wildman–Crippen LogP) is 1.83. The van der Waals surface area contributed by atoms with Crippen LogP contribution in [0.1, 0.15) is 36.1 Å². The molecule has 0 radical (unpaired) electrons. The molecule has 3 rings (SSSR count). The summed E-state index contributed by atoms with van der Waals surface area (Å²) in [6.07, 6.45) is 5.10. The van der Waals surface area contributed by atoms with E-state index in [0.29, 0.717) is 12.1 Å². The summed E-state index contributed by atoms with van der Waals surface area (Å²) in [5.41, 5.74) is 2.96. The third-order valence-electron chi connectivity index (χ3n) is 4.42. The van der Waals surface area contributed by atoms with Crippen LogP contribution in [0.4, 0.5) is 5.82 Å². The Morgan fingerprint density at radius 3 is 3.05 bits per heavy atom. The molecule has 1 atom stereocenters. The van der Waals surface area contributed by atoms with Gasteiger partial charge in [0, 0.05) is 18.8 Å². The second-order valence-corrected chi connectivity index (χ2v) is 5.74. The first-order valence-electron chi connectivity index (χ1n) is 7.48. The lowest BCUT2D eigenvalue weighted by Gasteiger charge is -2.22. The van der Waals surface area contributed by atoms with E-state index in [2.05, 4.69) is 11.0 Å². The fourth-order valence-electron chi connectivity index (χ4n) is 3.26. The quantitative estimate of drug-likeness (QED) is 0.776. The summed E-state index contributed by atoms with van der Waals surface area (Å²) < 4.78 is 4.81. The molecule has 2 aliphatic rings. The first-order chi connectivity index (χ1) is 10.2. The maximum Gasteiger partial charge on any atom is 0.310 e. The van der Waals surface area contributed by atoms with E-state index in [1.54, 1.807) is 0 Å². The second-order valence-electron chi connectivity index (χ2n) is 5.74. The first-order valence-corrected chi connectivity index (χ1v) is 7.48. The lowest BCUT2D eigenvalue weighted by molar-refractivity contribution is -0.144. The van der Waals surface area contributed by atoms with E-state index in [-0.39, 0.29) is 11.9 Å². The zero-order valence-electron chi connectivity index (χ0n) is 12.3. The molecule has 0 saturated carbocycles.